The number of hydrogen-bond donors (Lipinski definition) is 0. The van der Waals surface area contributed by atoms with Gasteiger partial charge in [-0.25, -0.2) is 0 Å². The third-order valence-corrected chi connectivity index (χ3v) is 2.46. The molecule has 0 aliphatic carbocycles. The van der Waals surface area contributed by atoms with Gasteiger partial charge < -0.3 is 0 Å². The Morgan fingerprint density at radius 1 is 1.41 bits per heavy atom. The zero-order valence-corrected chi connectivity index (χ0v) is 9.46. The monoisotopic (exact) mass is 228 g/mol. The molecular weight excluding hydrogens is 216 g/mol. The lowest BCUT2D eigenvalue weighted by molar-refractivity contribution is -0.115. The number of allylic oxidation sites excluding steroid dienone is 2. The summed E-state index contributed by atoms with van der Waals surface area (Å²) in [6.07, 6.45) is 3.89. The maximum Gasteiger partial charge on any atom is 0.176 e. The van der Waals surface area contributed by atoms with Crippen molar-refractivity contribution >= 4 is 23.0 Å². The zero-order chi connectivity index (χ0) is 12.3. The van der Waals surface area contributed by atoms with Crippen molar-refractivity contribution in [2.45, 2.75) is 13.5 Å². The molecule has 0 N–H and O–H groups in total. The first-order valence-corrected chi connectivity index (χ1v) is 5.32. The van der Waals surface area contributed by atoms with Crippen molar-refractivity contribution in [1.29, 1.82) is 0 Å². The minimum absolute atomic E-state index is 0.0433. The van der Waals surface area contributed by atoms with E-state index in [9.17, 15) is 9.59 Å². The molecule has 0 fully saturated rings. The number of rotatable bonds is 4. The van der Waals surface area contributed by atoms with Crippen molar-refractivity contribution in [3.8, 4) is 0 Å². The molecule has 4 nitrogen and oxygen atoms in total. The molecule has 86 valence electrons. The number of para-hydroxylation sites is 1. The summed E-state index contributed by atoms with van der Waals surface area (Å²) in [6, 6.07) is 7.37. The number of benzene rings is 1. The number of fused-ring (bicyclic) bond motifs is 1. The summed E-state index contributed by atoms with van der Waals surface area (Å²) >= 11 is 0. The molecule has 0 spiro atoms. The van der Waals surface area contributed by atoms with Crippen LogP contribution in [0.1, 0.15) is 17.4 Å². The van der Waals surface area contributed by atoms with Crippen molar-refractivity contribution in [1.82, 2.24) is 9.78 Å². The van der Waals surface area contributed by atoms with Crippen LogP contribution in [0, 0.1) is 0 Å². The van der Waals surface area contributed by atoms with Crippen LogP contribution in [0.25, 0.3) is 10.9 Å². The van der Waals surface area contributed by atoms with E-state index in [-0.39, 0.29) is 12.3 Å². The first-order chi connectivity index (χ1) is 8.26. The molecule has 0 atom stereocenters. The molecule has 2 rings (SSSR count). The predicted octanol–water partition coefficient (Wildman–Crippen LogP) is 1.99. The van der Waals surface area contributed by atoms with Gasteiger partial charge in [0.2, 0.25) is 0 Å². The number of ketones is 1. The van der Waals surface area contributed by atoms with Crippen LogP contribution in [0.2, 0.25) is 0 Å². The second-order valence-electron chi connectivity index (χ2n) is 3.64. The largest absolute Gasteiger partial charge is 0.296 e. The highest BCUT2D eigenvalue weighted by molar-refractivity contribution is 5.96. The van der Waals surface area contributed by atoms with Crippen molar-refractivity contribution in [2.24, 2.45) is 0 Å². The second-order valence-corrected chi connectivity index (χ2v) is 3.64. The molecule has 2 aromatic rings. The van der Waals surface area contributed by atoms with Gasteiger partial charge in [-0.1, -0.05) is 24.3 Å². The summed E-state index contributed by atoms with van der Waals surface area (Å²) < 4.78 is 1.56. The van der Waals surface area contributed by atoms with E-state index in [1.165, 1.54) is 6.08 Å². The van der Waals surface area contributed by atoms with E-state index < -0.39 is 0 Å². The van der Waals surface area contributed by atoms with Gasteiger partial charge >= 0.3 is 0 Å². The van der Waals surface area contributed by atoms with E-state index in [0.29, 0.717) is 12.0 Å². The third-order valence-electron chi connectivity index (χ3n) is 2.46. The predicted molar refractivity (Wildman–Crippen MR) is 64.9 cm³/mol. The molecule has 1 aromatic carbocycles. The van der Waals surface area contributed by atoms with Gasteiger partial charge in [-0.15, -0.1) is 0 Å². The molecule has 0 unspecified atom stereocenters. The highest BCUT2D eigenvalue weighted by atomic mass is 16.1. The molecule has 0 radical (unpaired) electrons. The Morgan fingerprint density at radius 3 is 2.88 bits per heavy atom. The van der Waals surface area contributed by atoms with Crippen LogP contribution in [-0.2, 0) is 11.3 Å². The van der Waals surface area contributed by atoms with Gasteiger partial charge in [0, 0.05) is 5.39 Å². The van der Waals surface area contributed by atoms with Crippen LogP contribution in [0.5, 0.6) is 0 Å². The average molecular weight is 228 g/mol. The number of aromatic nitrogens is 2. The average Bonchev–Trinajstić information content (AvgIpc) is 2.68. The molecule has 0 aliphatic heterocycles. The Kier molecular flexibility index (Phi) is 3.14. The van der Waals surface area contributed by atoms with E-state index in [1.54, 1.807) is 17.7 Å². The molecular formula is C13H12N2O2. The SMILES string of the molecule is C/C=C/C(=O)Cn1nc(C=O)c2ccccc21. The van der Waals surface area contributed by atoms with Gasteiger partial charge in [-0.05, 0) is 19.1 Å². The number of hydrogen-bond acceptors (Lipinski definition) is 3. The Hall–Kier alpha value is -2.23. The maximum atomic E-state index is 11.5. The molecule has 17 heavy (non-hydrogen) atoms. The summed E-state index contributed by atoms with van der Waals surface area (Å²) in [5, 5.41) is 4.90. The second kappa shape index (κ2) is 4.74. The number of carbonyl (C=O) groups excluding carboxylic acids is 2. The number of nitrogens with zero attached hydrogens (tertiary/aromatic N) is 2. The van der Waals surface area contributed by atoms with Crippen LogP contribution in [0.3, 0.4) is 0 Å². The summed E-state index contributed by atoms with van der Waals surface area (Å²) in [7, 11) is 0. The standard InChI is InChI=1S/C13H12N2O2/c1-2-5-10(17)8-15-13-7-4-3-6-11(13)12(9-16)14-15/h2-7,9H,8H2,1H3/b5-2+. The van der Waals surface area contributed by atoms with Crippen LogP contribution >= 0.6 is 0 Å². The summed E-state index contributed by atoms with van der Waals surface area (Å²) in [5.74, 6) is -0.0433. The van der Waals surface area contributed by atoms with E-state index in [0.717, 1.165) is 10.9 Å². The number of aldehydes is 1. The molecule has 0 saturated carbocycles. The van der Waals surface area contributed by atoms with E-state index >= 15 is 0 Å². The lowest BCUT2D eigenvalue weighted by Crippen LogP contribution is -2.09. The van der Waals surface area contributed by atoms with E-state index in [2.05, 4.69) is 5.10 Å². The Balaban J connectivity index is 2.47. The van der Waals surface area contributed by atoms with Crippen LogP contribution in [0.15, 0.2) is 36.4 Å². The molecule has 1 aromatic heterocycles. The Morgan fingerprint density at radius 2 is 2.18 bits per heavy atom. The quantitative estimate of drug-likeness (QED) is 0.594. The minimum atomic E-state index is -0.0433. The molecule has 0 amide bonds. The first-order valence-electron chi connectivity index (χ1n) is 5.32. The summed E-state index contributed by atoms with van der Waals surface area (Å²) in [5.41, 5.74) is 1.17. The van der Waals surface area contributed by atoms with Gasteiger partial charge in [-0.3, -0.25) is 14.3 Å². The van der Waals surface area contributed by atoms with Crippen molar-refractivity contribution < 1.29 is 9.59 Å². The van der Waals surface area contributed by atoms with E-state index in [1.807, 2.05) is 24.3 Å². The molecule has 4 heteroatoms. The van der Waals surface area contributed by atoms with E-state index in [4.69, 9.17) is 0 Å². The van der Waals surface area contributed by atoms with Crippen molar-refractivity contribution in [2.75, 3.05) is 0 Å². The molecule has 0 saturated heterocycles. The highest BCUT2D eigenvalue weighted by Gasteiger charge is 2.10. The van der Waals surface area contributed by atoms with Crippen molar-refractivity contribution in [3.05, 3.63) is 42.1 Å². The fourth-order valence-corrected chi connectivity index (χ4v) is 1.75. The summed E-state index contributed by atoms with van der Waals surface area (Å²) in [6.45, 7) is 1.94. The number of carbonyl (C=O) groups is 2. The van der Waals surface area contributed by atoms with Gasteiger partial charge in [0.1, 0.15) is 12.2 Å². The van der Waals surface area contributed by atoms with Crippen LogP contribution in [-0.4, -0.2) is 21.8 Å². The fourth-order valence-electron chi connectivity index (χ4n) is 1.75. The van der Waals surface area contributed by atoms with Gasteiger partial charge in [-0.2, -0.15) is 5.10 Å². The smallest absolute Gasteiger partial charge is 0.176 e. The summed E-state index contributed by atoms with van der Waals surface area (Å²) in [4.78, 5) is 22.4. The zero-order valence-electron chi connectivity index (χ0n) is 9.46. The van der Waals surface area contributed by atoms with Gasteiger partial charge in [0.15, 0.2) is 12.1 Å². The lowest BCUT2D eigenvalue weighted by Gasteiger charge is -1.99. The van der Waals surface area contributed by atoms with Crippen LogP contribution in [0.4, 0.5) is 0 Å². The van der Waals surface area contributed by atoms with Crippen LogP contribution < -0.4 is 0 Å². The normalized spacial score (nSPS) is 11.1. The highest BCUT2D eigenvalue weighted by Crippen LogP contribution is 2.16. The fraction of sp³-hybridized carbons (Fsp3) is 0.154. The molecule has 0 bridgehead atoms. The molecule has 1 heterocycles. The first kappa shape index (κ1) is 11.3. The molecule has 0 aliphatic rings. The topological polar surface area (TPSA) is 52.0 Å². The third kappa shape index (κ3) is 2.15. The lowest BCUT2D eigenvalue weighted by atomic mass is 10.2. The Bertz CT molecular complexity index is 596. The van der Waals surface area contributed by atoms with Gasteiger partial charge in [0.25, 0.3) is 0 Å². The maximum absolute atomic E-state index is 11.5. The minimum Gasteiger partial charge on any atom is -0.296 e. The van der Waals surface area contributed by atoms with Crippen molar-refractivity contribution in [3.63, 3.8) is 0 Å². The van der Waals surface area contributed by atoms with Gasteiger partial charge in [0.05, 0.1) is 5.52 Å². The Labute approximate surface area is 98.5 Å².